The third-order valence-electron chi connectivity index (χ3n) is 4.21. The highest BCUT2D eigenvalue weighted by molar-refractivity contribution is 5.95. The lowest BCUT2D eigenvalue weighted by Crippen LogP contribution is -2.29. The number of amides is 1. The Kier molecular flexibility index (Phi) is 4.20. The van der Waals surface area contributed by atoms with Crippen molar-refractivity contribution in [1.82, 2.24) is 25.8 Å². The van der Waals surface area contributed by atoms with Crippen molar-refractivity contribution in [2.45, 2.75) is 39.8 Å². The maximum Gasteiger partial charge on any atom is 0.255 e. The first-order valence-electron chi connectivity index (χ1n) is 7.68. The van der Waals surface area contributed by atoms with Crippen molar-refractivity contribution in [2.24, 2.45) is 0 Å². The molecule has 3 heterocycles. The lowest BCUT2D eigenvalue weighted by molar-refractivity contribution is 0.0950. The van der Waals surface area contributed by atoms with E-state index in [1.807, 2.05) is 20.0 Å². The van der Waals surface area contributed by atoms with E-state index in [1.165, 1.54) is 11.1 Å². The van der Waals surface area contributed by atoms with E-state index < -0.39 is 0 Å². The topological polar surface area (TPSA) is 82.7 Å². The minimum absolute atomic E-state index is 0.0865. The van der Waals surface area contributed by atoms with Crippen LogP contribution in [0.2, 0.25) is 0 Å². The van der Waals surface area contributed by atoms with Crippen LogP contribution in [0, 0.1) is 6.92 Å². The normalized spacial score (nSPS) is 13.7. The van der Waals surface area contributed by atoms with Gasteiger partial charge in [0.2, 0.25) is 0 Å². The molecule has 1 aliphatic heterocycles. The van der Waals surface area contributed by atoms with Crippen LogP contribution >= 0.6 is 0 Å². The zero-order valence-electron chi connectivity index (χ0n) is 13.0. The lowest BCUT2D eigenvalue weighted by Gasteiger charge is -2.21. The Morgan fingerprint density at radius 2 is 2.27 bits per heavy atom. The second kappa shape index (κ2) is 6.27. The van der Waals surface area contributed by atoms with Crippen molar-refractivity contribution in [3.63, 3.8) is 0 Å². The number of rotatable bonds is 4. The van der Waals surface area contributed by atoms with Gasteiger partial charge in [-0.05, 0) is 43.0 Å². The first-order chi connectivity index (χ1) is 10.7. The molecule has 3 rings (SSSR count). The van der Waals surface area contributed by atoms with Gasteiger partial charge in [-0.1, -0.05) is 6.92 Å². The van der Waals surface area contributed by atoms with Gasteiger partial charge in [-0.2, -0.15) is 5.10 Å². The molecule has 6 heteroatoms. The van der Waals surface area contributed by atoms with Gasteiger partial charge in [0.25, 0.3) is 5.91 Å². The minimum atomic E-state index is -0.0865. The molecule has 0 saturated heterocycles. The third-order valence-corrected chi connectivity index (χ3v) is 4.21. The summed E-state index contributed by atoms with van der Waals surface area (Å²) < 4.78 is 0. The van der Waals surface area contributed by atoms with E-state index >= 15 is 0 Å². The van der Waals surface area contributed by atoms with Crippen molar-refractivity contribution < 1.29 is 4.79 Å². The van der Waals surface area contributed by atoms with Gasteiger partial charge < -0.3 is 10.6 Å². The summed E-state index contributed by atoms with van der Waals surface area (Å²) in [6, 6.07) is 0. The Morgan fingerprint density at radius 1 is 1.41 bits per heavy atom. The van der Waals surface area contributed by atoms with Crippen molar-refractivity contribution in [1.29, 1.82) is 0 Å². The van der Waals surface area contributed by atoms with Crippen LogP contribution in [-0.4, -0.2) is 27.6 Å². The third kappa shape index (κ3) is 2.74. The number of aromatic nitrogens is 3. The first-order valence-corrected chi connectivity index (χ1v) is 7.68. The highest BCUT2D eigenvalue weighted by Crippen LogP contribution is 2.20. The van der Waals surface area contributed by atoms with Gasteiger partial charge in [-0.15, -0.1) is 0 Å². The summed E-state index contributed by atoms with van der Waals surface area (Å²) in [7, 11) is 0. The molecular formula is C16H21N5O. The van der Waals surface area contributed by atoms with Gasteiger partial charge in [0.1, 0.15) is 0 Å². The van der Waals surface area contributed by atoms with Crippen molar-refractivity contribution in [3.05, 3.63) is 46.0 Å². The summed E-state index contributed by atoms with van der Waals surface area (Å²) in [6.07, 6.45) is 5.27. The summed E-state index contributed by atoms with van der Waals surface area (Å²) in [5, 5.41) is 13.2. The lowest BCUT2D eigenvalue weighted by atomic mass is 9.96. The molecule has 116 valence electrons. The maximum atomic E-state index is 12.3. The molecule has 3 N–H and O–H groups in total. The Balaban J connectivity index is 1.78. The van der Waals surface area contributed by atoms with Gasteiger partial charge >= 0.3 is 0 Å². The maximum absolute atomic E-state index is 12.3. The molecule has 0 aliphatic carbocycles. The molecule has 0 aromatic carbocycles. The number of aromatic amines is 1. The number of fused-ring (bicyclic) bond motifs is 1. The molecule has 6 nitrogen and oxygen atoms in total. The molecule has 1 aliphatic rings. The molecule has 2 aromatic heterocycles. The molecule has 0 bridgehead atoms. The summed E-state index contributed by atoms with van der Waals surface area (Å²) in [5.41, 5.74) is 6.19. The van der Waals surface area contributed by atoms with Crippen molar-refractivity contribution >= 4 is 5.91 Å². The van der Waals surface area contributed by atoms with Crippen LogP contribution in [0.1, 0.15) is 45.4 Å². The van der Waals surface area contributed by atoms with Crippen LogP contribution in [0.25, 0.3) is 0 Å². The monoisotopic (exact) mass is 299 g/mol. The van der Waals surface area contributed by atoms with Crippen molar-refractivity contribution in [2.75, 3.05) is 6.54 Å². The predicted molar refractivity (Wildman–Crippen MR) is 83.5 cm³/mol. The van der Waals surface area contributed by atoms with Gasteiger partial charge in [-0.3, -0.25) is 14.9 Å². The molecule has 2 aromatic rings. The zero-order valence-corrected chi connectivity index (χ0v) is 13.0. The predicted octanol–water partition coefficient (Wildman–Crippen LogP) is 1.25. The van der Waals surface area contributed by atoms with Crippen LogP contribution in [0.5, 0.6) is 0 Å². The van der Waals surface area contributed by atoms with Gasteiger partial charge in [0.05, 0.1) is 11.8 Å². The van der Waals surface area contributed by atoms with E-state index in [1.54, 1.807) is 6.20 Å². The van der Waals surface area contributed by atoms with E-state index in [0.29, 0.717) is 12.1 Å². The Bertz CT molecular complexity index is 692. The van der Waals surface area contributed by atoms with Gasteiger partial charge in [0.15, 0.2) is 0 Å². The summed E-state index contributed by atoms with van der Waals surface area (Å²) in [4.78, 5) is 16.8. The molecular weight excluding hydrogens is 278 g/mol. The van der Waals surface area contributed by atoms with Crippen molar-refractivity contribution in [3.8, 4) is 0 Å². The van der Waals surface area contributed by atoms with Crippen LogP contribution in [0.3, 0.4) is 0 Å². The molecule has 0 atom stereocenters. The number of nitrogens with one attached hydrogen (secondary N) is 3. The first kappa shape index (κ1) is 14.7. The Morgan fingerprint density at radius 3 is 3.09 bits per heavy atom. The SMILES string of the molecule is CCc1[nH]ncc1C(=O)NCc1c(C)ncc2c1CCNC2. The second-order valence-corrected chi connectivity index (χ2v) is 5.55. The standard InChI is InChI=1S/C16H21N5O/c1-3-15-14(9-20-21-15)16(22)19-8-13-10(2)18-7-11-6-17-5-4-12(11)13/h7,9,17H,3-6,8H2,1-2H3,(H,19,22)(H,20,21). The highest BCUT2D eigenvalue weighted by Gasteiger charge is 2.17. The minimum Gasteiger partial charge on any atom is -0.348 e. The highest BCUT2D eigenvalue weighted by atomic mass is 16.1. The molecule has 0 fully saturated rings. The number of carbonyl (C=O) groups is 1. The number of nitrogens with zero attached hydrogens (tertiary/aromatic N) is 2. The van der Waals surface area contributed by atoms with Crippen LogP contribution in [0.4, 0.5) is 0 Å². The van der Waals surface area contributed by atoms with Crippen LogP contribution in [-0.2, 0) is 25.9 Å². The quantitative estimate of drug-likeness (QED) is 0.793. The van der Waals surface area contributed by atoms with Crippen LogP contribution in [0.15, 0.2) is 12.4 Å². The molecule has 0 spiro atoms. The summed E-state index contributed by atoms with van der Waals surface area (Å²) in [5.74, 6) is -0.0865. The number of hydrogen-bond acceptors (Lipinski definition) is 4. The number of pyridine rings is 1. The largest absolute Gasteiger partial charge is 0.348 e. The average molecular weight is 299 g/mol. The zero-order chi connectivity index (χ0) is 15.5. The Hall–Kier alpha value is -2.21. The molecule has 22 heavy (non-hydrogen) atoms. The number of H-pyrrole nitrogens is 1. The fraction of sp³-hybridized carbons (Fsp3) is 0.438. The molecule has 0 saturated carbocycles. The smallest absolute Gasteiger partial charge is 0.255 e. The number of hydrogen-bond donors (Lipinski definition) is 3. The van der Waals surface area contributed by atoms with E-state index in [2.05, 4.69) is 25.8 Å². The van der Waals surface area contributed by atoms with Gasteiger partial charge in [0, 0.05) is 30.7 Å². The Labute approximate surface area is 129 Å². The fourth-order valence-corrected chi connectivity index (χ4v) is 2.92. The number of aryl methyl sites for hydroxylation is 2. The molecule has 1 amide bonds. The number of carbonyl (C=O) groups excluding carboxylic acids is 1. The van der Waals surface area contributed by atoms with E-state index in [4.69, 9.17) is 0 Å². The average Bonchev–Trinajstić information content (AvgIpc) is 3.02. The summed E-state index contributed by atoms with van der Waals surface area (Å²) in [6.45, 7) is 6.33. The molecule has 0 unspecified atom stereocenters. The fourth-order valence-electron chi connectivity index (χ4n) is 2.92. The second-order valence-electron chi connectivity index (χ2n) is 5.55. The van der Waals surface area contributed by atoms with E-state index in [-0.39, 0.29) is 5.91 Å². The molecule has 0 radical (unpaired) electrons. The van der Waals surface area contributed by atoms with E-state index in [9.17, 15) is 4.79 Å². The summed E-state index contributed by atoms with van der Waals surface area (Å²) >= 11 is 0. The van der Waals surface area contributed by atoms with E-state index in [0.717, 1.165) is 42.9 Å². The van der Waals surface area contributed by atoms with Crippen LogP contribution < -0.4 is 10.6 Å². The van der Waals surface area contributed by atoms with Gasteiger partial charge in [-0.25, -0.2) is 0 Å².